The lowest BCUT2D eigenvalue weighted by atomic mass is 10.5. The highest BCUT2D eigenvalue weighted by Gasteiger charge is 2.03. The van der Waals surface area contributed by atoms with Crippen LogP contribution in [0.1, 0.15) is 6.92 Å². The second-order valence-corrected chi connectivity index (χ2v) is 1.79. The van der Waals surface area contributed by atoms with E-state index in [1.165, 1.54) is 5.70 Å². The maximum absolute atomic E-state index is 4.01. The molecule has 0 aromatic rings. The summed E-state index contributed by atoms with van der Waals surface area (Å²) in [6, 6.07) is 0. The maximum atomic E-state index is 4.01. The van der Waals surface area contributed by atoms with Crippen molar-refractivity contribution in [3.05, 3.63) is 11.9 Å². The second kappa shape index (κ2) is 1.45. The molecule has 39 valence electrons. The number of hydrogen-bond acceptors (Lipinski definition) is 1. The molecule has 1 rings (SSSR count). The molecule has 0 aliphatic carbocycles. The zero-order chi connectivity index (χ0) is 5.28. The fourth-order valence-corrected chi connectivity index (χ4v) is 0.506. The molecule has 7 heavy (non-hydrogen) atoms. The molecule has 0 amide bonds. The summed E-state index contributed by atoms with van der Waals surface area (Å²) in [7, 11) is 2.03. The topological polar surface area (TPSA) is 17.3 Å². The molecule has 0 N–H and O–H groups in total. The number of nitrogens with zero attached hydrogens (tertiary/aromatic N) is 2. The van der Waals surface area contributed by atoms with E-state index in [1.54, 1.807) is 0 Å². The van der Waals surface area contributed by atoms with Crippen molar-refractivity contribution >= 4 is 0 Å². The van der Waals surface area contributed by atoms with Crippen LogP contribution in [0.15, 0.2) is 11.9 Å². The lowest BCUT2D eigenvalue weighted by Gasteiger charge is -2.08. The Morgan fingerprint density at radius 3 is 2.71 bits per heavy atom. The molecule has 1 heterocycles. The van der Waals surface area contributed by atoms with Gasteiger partial charge in [-0.2, -0.15) is 0 Å². The third kappa shape index (κ3) is 0.683. The molecule has 1 aliphatic rings. The van der Waals surface area contributed by atoms with Gasteiger partial charge in [0, 0.05) is 18.9 Å². The van der Waals surface area contributed by atoms with Crippen molar-refractivity contribution < 1.29 is 0 Å². The first kappa shape index (κ1) is 4.50. The minimum absolute atomic E-state index is 0.839. The fourth-order valence-electron chi connectivity index (χ4n) is 0.506. The van der Waals surface area contributed by atoms with Crippen LogP contribution < -0.4 is 5.32 Å². The molecule has 0 saturated carbocycles. The average molecular weight is 97.1 g/mol. The first-order chi connectivity index (χ1) is 3.30. The van der Waals surface area contributed by atoms with Gasteiger partial charge in [0.25, 0.3) is 0 Å². The molecule has 0 spiro atoms. The van der Waals surface area contributed by atoms with Crippen molar-refractivity contribution in [2.24, 2.45) is 0 Å². The Labute approximate surface area is 43.8 Å². The van der Waals surface area contributed by atoms with Crippen LogP contribution in [0, 0.1) is 0 Å². The molecule has 0 fully saturated rings. The quantitative estimate of drug-likeness (QED) is 0.426. The van der Waals surface area contributed by atoms with Crippen molar-refractivity contribution in [1.29, 1.82) is 0 Å². The molecule has 2 heteroatoms. The van der Waals surface area contributed by atoms with E-state index in [0.29, 0.717) is 0 Å². The summed E-state index contributed by atoms with van der Waals surface area (Å²) in [5.41, 5.74) is 1.25. The standard InChI is InChI=1S/C5H9N2/c1-5-3-6-4-7(5)2/h3H,4H2,1-2H3. The highest BCUT2D eigenvalue weighted by molar-refractivity contribution is 4.99. The molecule has 1 aliphatic heterocycles. The molecule has 0 aromatic heterocycles. The number of hydrogen-bond donors (Lipinski definition) is 0. The highest BCUT2D eigenvalue weighted by atomic mass is 15.2. The van der Waals surface area contributed by atoms with E-state index in [2.05, 4.69) is 17.1 Å². The van der Waals surface area contributed by atoms with Gasteiger partial charge >= 0.3 is 0 Å². The van der Waals surface area contributed by atoms with E-state index in [4.69, 9.17) is 0 Å². The van der Waals surface area contributed by atoms with Crippen LogP contribution in [0.3, 0.4) is 0 Å². The largest absolute Gasteiger partial charge is 0.358 e. The van der Waals surface area contributed by atoms with Gasteiger partial charge in [-0.3, -0.25) is 5.32 Å². The molecule has 1 radical (unpaired) electrons. The van der Waals surface area contributed by atoms with E-state index in [1.807, 2.05) is 13.2 Å². The third-order valence-corrected chi connectivity index (χ3v) is 1.17. The van der Waals surface area contributed by atoms with Crippen LogP contribution in [-0.2, 0) is 0 Å². The van der Waals surface area contributed by atoms with E-state index in [9.17, 15) is 0 Å². The van der Waals surface area contributed by atoms with Crippen LogP contribution in [-0.4, -0.2) is 18.6 Å². The SMILES string of the molecule is CC1=C[N]CN1C. The van der Waals surface area contributed by atoms with Crippen LogP contribution in [0.4, 0.5) is 0 Å². The third-order valence-electron chi connectivity index (χ3n) is 1.17. The van der Waals surface area contributed by atoms with Crippen molar-refractivity contribution in [3.63, 3.8) is 0 Å². The van der Waals surface area contributed by atoms with Gasteiger partial charge in [-0.15, -0.1) is 0 Å². The first-order valence-electron chi connectivity index (χ1n) is 2.35. The Morgan fingerprint density at radius 2 is 2.57 bits per heavy atom. The predicted molar refractivity (Wildman–Crippen MR) is 28.5 cm³/mol. The van der Waals surface area contributed by atoms with E-state index < -0.39 is 0 Å². The van der Waals surface area contributed by atoms with Crippen molar-refractivity contribution in [1.82, 2.24) is 10.2 Å². The van der Waals surface area contributed by atoms with Gasteiger partial charge in [0.2, 0.25) is 0 Å². The monoisotopic (exact) mass is 97.1 g/mol. The Morgan fingerprint density at radius 1 is 1.86 bits per heavy atom. The lowest BCUT2D eigenvalue weighted by molar-refractivity contribution is 0.439. The summed E-state index contributed by atoms with van der Waals surface area (Å²) >= 11 is 0. The van der Waals surface area contributed by atoms with Gasteiger partial charge in [-0.1, -0.05) is 0 Å². The maximum Gasteiger partial charge on any atom is 0.109 e. The zero-order valence-corrected chi connectivity index (χ0v) is 4.68. The van der Waals surface area contributed by atoms with Gasteiger partial charge in [0.1, 0.15) is 6.67 Å². The summed E-state index contributed by atoms with van der Waals surface area (Å²) in [6.07, 6.45) is 1.89. The molecule has 2 nitrogen and oxygen atoms in total. The average Bonchev–Trinajstić information content (AvgIpc) is 1.91. The van der Waals surface area contributed by atoms with Gasteiger partial charge in [-0.05, 0) is 6.92 Å². The molecule has 0 atom stereocenters. The van der Waals surface area contributed by atoms with Gasteiger partial charge in [0.05, 0.1) is 0 Å². The normalized spacial score (nSPS) is 19.1. The molecular weight excluding hydrogens is 88.1 g/mol. The molecule has 0 bridgehead atoms. The van der Waals surface area contributed by atoms with E-state index in [-0.39, 0.29) is 0 Å². The van der Waals surface area contributed by atoms with Gasteiger partial charge in [0.15, 0.2) is 0 Å². The smallest absolute Gasteiger partial charge is 0.109 e. The predicted octanol–water partition coefficient (Wildman–Crippen LogP) is 0.355. The van der Waals surface area contributed by atoms with Gasteiger partial charge in [-0.25, -0.2) is 0 Å². The summed E-state index contributed by atoms with van der Waals surface area (Å²) in [6.45, 7) is 2.89. The summed E-state index contributed by atoms with van der Waals surface area (Å²) in [5, 5.41) is 4.01. The van der Waals surface area contributed by atoms with Crippen LogP contribution in [0.5, 0.6) is 0 Å². The summed E-state index contributed by atoms with van der Waals surface area (Å²) < 4.78 is 0. The summed E-state index contributed by atoms with van der Waals surface area (Å²) in [4.78, 5) is 2.10. The minimum atomic E-state index is 0.839. The summed E-state index contributed by atoms with van der Waals surface area (Å²) in [5.74, 6) is 0. The Balaban J connectivity index is 2.54. The second-order valence-electron chi connectivity index (χ2n) is 1.79. The highest BCUT2D eigenvalue weighted by Crippen LogP contribution is 2.02. The molecule has 0 unspecified atom stereocenters. The van der Waals surface area contributed by atoms with E-state index >= 15 is 0 Å². The van der Waals surface area contributed by atoms with Crippen molar-refractivity contribution in [2.45, 2.75) is 6.92 Å². The van der Waals surface area contributed by atoms with Crippen LogP contribution in [0.2, 0.25) is 0 Å². The number of rotatable bonds is 0. The Hall–Kier alpha value is -0.660. The first-order valence-corrected chi connectivity index (χ1v) is 2.35. The fraction of sp³-hybridized carbons (Fsp3) is 0.600. The Kier molecular flexibility index (Phi) is 0.929. The van der Waals surface area contributed by atoms with Crippen molar-refractivity contribution in [2.75, 3.05) is 13.7 Å². The van der Waals surface area contributed by atoms with Crippen LogP contribution in [0.25, 0.3) is 0 Å². The number of allylic oxidation sites excluding steroid dienone is 1. The molecular formula is C5H9N2. The minimum Gasteiger partial charge on any atom is -0.358 e. The molecule has 0 saturated heterocycles. The van der Waals surface area contributed by atoms with Crippen LogP contribution >= 0.6 is 0 Å². The van der Waals surface area contributed by atoms with E-state index in [0.717, 1.165) is 6.67 Å². The van der Waals surface area contributed by atoms with Crippen molar-refractivity contribution in [3.8, 4) is 0 Å². The Bertz CT molecular complexity index is 96.3. The molecule has 0 aromatic carbocycles. The lowest BCUT2D eigenvalue weighted by Crippen LogP contribution is -2.13. The zero-order valence-electron chi connectivity index (χ0n) is 4.68. The van der Waals surface area contributed by atoms with Gasteiger partial charge < -0.3 is 4.90 Å².